The summed E-state index contributed by atoms with van der Waals surface area (Å²) in [5.74, 6) is 1.01. The molecule has 0 amide bonds. The lowest BCUT2D eigenvalue weighted by molar-refractivity contribution is -0.122. The SMILES string of the molecule is CC1(C(=O)CBr)CCOc2c(Br)cccc21. The molecule has 1 aliphatic heterocycles. The Balaban J connectivity index is 2.56. The normalized spacial score (nSPS) is 23.4. The first-order valence-corrected chi connectivity index (χ1v) is 7.02. The minimum Gasteiger partial charge on any atom is -0.492 e. The zero-order chi connectivity index (χ0) is 11.8. The van der Waals surface area contributed by atoms with Crippen molar-refractivity contribution in [2.45, 2.75) is 18.8 Å². The van der Waals surface area contributed by atoms with Crippen LogP contribution in [0.3, 0.4) is 0 Å². The number of halogens is 2. The van der Waals surface area contributed by atoms with Crippen molar-refractivity contribution in [2.75, 3.05) is 11.9 Å². The van der Waals surface area contributed by atoms with Gasteiger partial charge in [-0.3, -0.25) is 4.79 Å². The number of hydrogen-bond donors (Lipinski definition) is 0. The van der Waals surface area contributed by atoms with Gasteiger partial charge in [0.1, 0.15) is 5.75 Å². The molecule has 1 heterocycles. The molecule has 1 aromatic rings. The van der Waals surface area contributed by atoms with Gasteiger partial charge in [0, 0.05) is 5.56 Å². The van der Waals surface area contributed by atoms with Crippen LogP contribution in [-0.2, 0) is 10.2 Å². The van der Waals surface area contributed by atoms with E-state index in [1.165, 1.54) is 0 Å². The van der Waals surface area contributed by atoms with Crippen molar-refractivity contribution in [1.82, 2.24) is 0 Å². The molecular weight excluding hydrogens is 336 g/mol. The number of hydrogen-bond acceptors (Lipinski definition) is 2. The fourth-order valence-corrected chi connectivity index (χ4v) is 3.12. The predicted molar refractivity (Wildman–Crippen MR) is 70.4 cm³/mol. The summed E-state index contributed by atoms with van der Waals surface area (Å²) in [6.45, 7) is 2.58. The van der Waals surface area contributed by atoms with Crippen LogP contribution in [-0.4, -0.2) is 17.7 Å². The smallest absolute Gasteiger partial charge is 0.153 e. The summed E-state index contributed by atoms with van der Waals surface area (Å²) in [5.41, 5.74) is 0.554. The summed E-state index contributed by atoms with van der Waals surface area (Å²) in [6, 6.07) is 5.85. The highest BCUT2D eigenvalue weighted by Crippen LogP contribution is 2.43. The second-order valence-electron chi connectivity index (χ2n) is 4.10. The summed E-state index contributed by atoms with van der Waals surface area (Å²) in [4.78, 5) is 12.0. The maximum absolute atomic E-state index is 12.0. The summed E-state index contributed by atoms with van der Waals surface area (Å²) in [6.07, 6.45) is 0.737. The Hall–Kier alpha value is -0.350. The van der Waals surface area contributed by atoms with E-state index in [9.17, 15) is 4.79 Å². The Morgan fingerprint density at radius 3 is 3.00 bits per heavy atom. The molecule has 0 aliphatic carbocycles. The van der Waals surface area contributed by atoms with Crippen LogP contribution in [0.15, 0.2) is 22.7 Å². The summed E-state index contributed by atoms with van der Waals surface area (Å²) < 4.78 is 6.55. The standard InChI is InChI=1S/C12H12Br2O2/c1-12(10(15)7-13)5-6-16-11-8(12)3-2-4-9(11)14/h2-4H,5-7H2,1H3. The van der Waals surface area contributed by atoms with Gasteiger partial charge in [-0.1, -0.05) is 28.1 Å². The van der Waals surface area contributed by atoms with Gasteiger partial charge < -0.3 is 4.74 Å². The second kappa shape index (κ2) is 4.49. The van der Waals surface area contributed by atoms with Gasteiger partial charge in [-0.05, 0) is 35.3 Å². The van der Waals surface area contributed by atoms with Gasteiger partial charge >= 0.3 is 0 Å². The Morgan fingerprint density at radius 1 is 1.56 bits per heavy atom. The van der Waals surface area contributed by atoms with Gasteiger partial charge in [-0.25, -0.2) is 0 Å². The number of rotatable bonds is 2. The summed E-state index contributed by atoms with van der Waals surface area (Å²) in [5, 5.41) is 0.384. The maximum Gasteiger partial charge on any atom is 0.153 e. The monoisotopic (exact) mass is 346 g/mol. The first-order chi connectivity index (χ1) is 7.59. The molecule has 86 valence electrons. The Bertz CT molecular complexity index is 431. The molecule has 0 saturated heterocycles. The lowest BCUT2D eigenvalue weighted by Crippen LogP contribution is -2.38. The van der Waals surface area contributed by atoms with Crippen molar-refractivity contribution in [1.29, 1.82) is 0 Å². The molecule has 0 aromatic heterocycles. The van der Waals surface area contributed by atoms with E-state index in [2.05, 4.69) is 31.9 Å². The van der Waals surface area contributed by atoms with Crippen molar-refractivity contribution in [2.24, 2.45) is 0 Å². The Labute approximate surface area is 112 Å². The van der Waals surface area contributed by atoms with Gasteiger partial charge in [-0.15, -0.1) is 0 Å². The van der Waals surface area contributed by atoms with Crippen LogP contribution >= 0.6 is 31.9 Å². The van der Waals surface area contributed by atoms with Gasteiger partial charge in [0.15, 0.2) is 5.78 Å². The van der Waals surface area contributed by atoms with E-state index in [0.717, 1.165) is 22.2 Å². The van der Waals surface area contributed by atoms with Gasteiger partial charge in [0.25, 0.3) is 0 Å². The molecule has 0 N–H and O–H groups in total. The number of para-hydroxylation sites is 1. The van der Waals surface area contributed by atoms with E-state index in [-0.39, 0.29) is 5.78 Å². The van der Waals surface area contributed by atoms with Crippen molar-refractivity contribution < 1.29 is 9.53 Å². The van der Waals surface area contributed by atoms with Crippen LogP contribution in [0, 0.1) is 0 Å². The highest BCUT2D eigenvalue weighted by molar-refractivity contribution is 9.10. The number of alkyl halides is 1. The van der Waals surface area contributed by atoms with Crippen molar-refractivity contribution in [3.8, 4) is 5.75 Å². The summed E-state index contributed by atoms with van der Waals surface area (Å²) in [7, 11) is 0. The number of benzene rings is 1. The molecular formula is C12H12Br2O2. The van der Waals surface area contributed by atoms with E-state index in [1.807, 2.05) is 25.1 Å². The third-order valence-corrected chi connectivity index (χ3v) is 4.28. The molecule has 1 atom stereocenters. The van der Waals surface area contributed by atoms with Crippen LogP contribution in [0.25, 0.3) is 0 Å². The number of ether oxygens (including phenoxy) is 1. The third-order valence-electron chi connectivity index (χ3n) is 3.15. The van der Waals surface area contributed by atoms with Crippen LogP contribution in [0.1, 0.15) is 18.9 Å². The molecule has 0 spiro atoms. The Kier molecular flexibility index (Phi) is 3.40. The average molecular weight is 348 g/mol. The van der Waals surface area contributed by atoms with Crippen molar-refractivity contribution in [3.05, 3.63) is 28.2 Å². The van der Waals surface area contributed by atoms with E-state index < -0.39 is 5.41 Å². The first kappa shape index (κ1) is 12.1. The number of carbonyl (C=O) groups excluding carboxylic acids is 1. The number of fused-ring (bicyclic) bond motifs is 1. The molecule has 1 aliphatic rings. The topological polar surface area (TPSA) is 26.3 Å². The quantitative estimate of drug-likeness (QED) is 0.766. The molecule has 0 fully saturated rings. The van der Waals surface area contributed by atoms with Crippen LogP contribution in [0.5, 0.6) is 5.75 Å². The van der Waals surface area contributed by atoms with E-state index >= 15 is 0 Å². The number of Topliss-reactive ketones (excluding diaryl/α,β-unsaturated/α-hetero) is 1. The second-order valence-corrected chi connectivity index (χ2v) is 5.52. The third kappa shape index (κ3) is 1.82. The number of carbonyl (C=O) groups is 1. The average Bonchev–Trinajstić information content (AvgIpc) is 2.30. The van der Waals surface area contributed by atoms with Gasteiger partial charge in [0.2, 0.25) is 0 Å². The van der Waals surface area contributed by atoms with E-state index in [1.54, 1.807) is 0 Å². The predicted octanol–water partition coefficient (Wildman–Crippen LogP) is 3.45. The first-order valence-electron chi connectivity index (χ1n) is 5.10. The van der Waals surface area contributed by atoms with Crippen LogP contribution in [0.4, 0.5) is 0 Å². The minimum absolute atomic E-state index is 0.204. The largest absolute Gasteiger partial charge is 0.492 e. The lowest BCUT2D eigenvalue weighted by atomic mass is 9.75. The molecule has 1 aromatic carbocycles. The highest BCUT2D eigenvalue weighted by Gasteiger charge is 2.39. The summed E-state index contributed by atoms with van der Waals surface area (Å²) >= 11 is 6.71. The van der Waals surface area contributed by atoms with E-state index in [4.69, 9.17) is 4.74 Å². The molecule has 0 radical (unpaired) electrons. The molecule has 2 rings (SSSR count). The number of ketones is 1. The molecule has 2 nitrogen and oxygen atoms in total. The van der Waals surface area contributed by atoms with Crippen LogP contribution < -0.4 is 4.74 Å². The van der Waals surface area contributed by atoms with Crippen LogP contribution in [0.2, 0.25) is 0 Å². The highest BCUT2D eigenvalue weighted by atomic mass is 79.9. The Morgan fingerprint density at radius 2 is 2.31 bits per heavy atom. The molecule has 0 bridgehead atoms. The minimum atomic E-state index is -0.430. The fraction of sp³-hybridized carbons (Fsp3) is 0.417. The van der Waals surface area contributed by atoms with Crippen molar-refractivity contribution >= 4 is 37.6 Å². The van der Waals surface area contributed by atoms with E-state index in [0.29, 0.717) is 11.9 Å². The van der Waals surface area contributed by atoms with Gasteiger partial charge in [-0.2, -0.15) is 0 Å². The molecule has 16 heavy (non-hydrogen) atoms. The van der Waals surface area contributed by atoms with Gasteiger partial charge in [0.05, 0.1) is 21.8 Å². The zero-order valence-electron chi connectivity index (χ0n) is 8.93. The molecule has 4 heteroatoms. The fourth-order valence-electron chi connectivity index (χ4n) is 2.02. The molecule has 0 saturated carbocycles. The lowest BCUT2D eigenvalue weighted by Gasteiger charge is -2.34. The maximum atomic E-state index is 12.0. The van der Waals surface area contributed by atoms with Crippen molar-refractivity contribution in [3.63, 3.8) is 0 Å². The molecule has 1 unspecified atom stereocenters. The zero-order valence-corrected chi connectivity index (χ0v) is 12.1.